The molecule has 0 radical (unpaired) electrons. The number of urea groups is 1. The van der Waals surface area contributed by atoms with E-state index in [-0.39, 0.29) is 27.3 Å². The molecule has 1 aromatic rings. The van der Waals surface area contributed by atoms with Crippen molar-refractivity contribution in [3.05, 3.63) is 27.7 Å². The first-order chi connectivity index (χ1) is 9.38. The zero-order valence-corrected chi connectivity index (χ0v) is 12.7. The zero-order valence-electron chi connectivity index (χ0n) is 11.2. The molecule has 0 bridgehead atoms. The minimum absolute atomic E-state index is 0.0362. The average molecular weight is 319 g/mol. The van der Waals surface area contributed by atoms with E-state index in [1.807, 2.05) is 13.8 Å². The van der Waals surface area contributed by atoms with Gasteiger partial charge in [-0.2, -0.15) is 0 Å². The number of rotatable bonds is 5. The summed E-state index contributed by atoms with van der Waals surface area (Å²) in [4.78, 5) is 22.7. The lowest BCUT2D eigenvalue weighted by molar-refractivity contribution is 0.0697. The number of anilines is 1. The van der Waals surface area contributed by atoms with Gasteiger partial charge in [0.05, 0.1) is 21.3 Å². The third kappa shape index (κ3) is 4.28. The van der Waals surface area contributed by atoms with Crippen LogP contribution in [0.3, 0.4) is 0 Å². The molecule has 0 aliphatic heterocycles. The molecule has 0 spiro atoms. The molecule has 3 N–H and O–H groups in total. The minimum Gasteiger partial charge on any atom is -0.478 e. The smallest absolute Gasteiger partial charge is 0.335 e. The molecule has 7 heteroatoms. The number of aromatic carboxylic acids is 1. The van der Waals surface area contributed by atoms with E-state index in [2.05, 4.69) is 10.6 Å². The van der Waals surface area contributed by atoms with Crippen molar-refractivity contribution >= 4 is 40.9 Å². The van der Waals surface area contributed by atoms with Gasteiger partial charge in [-0.3, -0.25) is 0 Å². The van der Waals surface area contributed by atoms with Crippen LogP contribution in [0.5, 0.6) is 0 Å². The largest absolute Gasteiger partial charge is 0.478 e. The number of carbonyl (C=O) groups is 2. The Morgan fingerprint density at radius 2 is 1.70 bits per heavy atom. The van der Waals surface area contributed by atoms with Crippen LogP contribution in [0.2, 0.25) is 10.0 Å². The maximum Gasteiger partial charge on any atom is 0.335 e. The zero-order chi connectivity index (χ0) is 15.3. The number of amides is 2. The fraction of sp³-hybridized carbons (Fsp3) is 0.385. The molecule has 0 unspecified atom stereocenters. The van der Waals surface area contributed by atoms with Crippen LogP contribution in [-0.4, -0.2) is 23.1 Å². The van der Waals surface area contributed by atoms with Crippen LogP contribution in [-0.2, 0) is 0 Å². The molecule has 1 aromatic carbocycles. The molecule has 0 aliphatic rings. The molecule has 1 rings (SSSR count). The number of carboxylic acid groups (broad SMARTS) is 1. The van der Waals surface area contributed by atoms with E-state index < -0.39 is 12.0 Å². The monoisotopic (exact) mass is 318 g/mol. The number of hydrogen-bond donors (Lipinski definition) is 3. The fourth-order valence-corrected chi connectivity index (χ4v) is 2.23. The van der Waals surface area contributed by atoms with Crippen LogP contribution in [0.15, 0.2) is 12.1 Å². The summed E-state index contributed by atoms with van der Waals surface area (Å²) in [5.41, 5.74) is 0.160. The van der Waals surface area contributed by atoms with E-state index >= 15 is 0 Å². The quantitative estimate of drug-likeness (QED) is 0.767. The predicted octanol–water partition coefficient (Wildman–Crippen LogP) is 4.00. The first-order valence-corrected chi connectivity index (χ1v) is 6.94. The van der Waals surface area contributed by atoms with Gasteiger partial charge in [-0.25, -0.2) is 9.59 Å². The van der Waals surface area contributed by atoms with Crippen molar-refractivity contribution in [2.75, 3.05) is 5.32 Å². The van der Waals surface area contributed by atoms with Crippen LogP contribution < -0.4 is 10.6 Å². The van der Waals surface area contributed by atoms with Gasteiger partial charge in [0.2, 0.25) is 0 Å². The lowest BCUT2D eigenvalue weighted by Gasteiger charge is -2.16. The van der Waals surface area contributed by atoms with Crippen molar-refractivity contribution in [3.63, 3.8) is 0 Å². The van der Waals surface area contributed by atoms with Crippen LogP contribution in [0.1, 0.15) is 37.0 Å². The van der Waals surface area contributed by atoms with E-state index in [0.29, 0.717) is 0 Å². The molecule has 5 nitrogen and oxygen atoms in total. The van der Waals surface area contributed by atoms with E-state index in [4.69, 9.17) is 28.3 Å². The summed E-state index contributed by atoms with van der Waals surface area (Å²) >= 11 is 11.9. The molecule has 0 aliphatic carbocycles. The average Bonchev–Trinajstić information content (AvgIpc) is 2.39. The standard InChI is InChI=1S/C13H16Cl2N2O3/c1-3-8(4-2)16-13(20)17-11-9(14)5-7(12(18)19)6-10(11)15/h5-6,8H,3-4H2,1-2H3,(H,18,19)(H2,16,17,20). The highest BCUT2D eigenvalue weighted by Gasteiger charge is 2.15. The molecule has 110 valence electrons. The summed E-state index contributed by atoms with van der Waals surface area (Å²) < 4.78 is 0. The fourth-order valence-electron chi connectivity index (χ4n) is 1.64. The van der Waals surface area contributed by atoms with Gasteiger partial charge < -0.3 is 15.7 Å². The lowest BCUT2D eigenvalue weighted by atomic mass is 10.2. The van der Waals surface area contributed by atoms with Gasteiger partial charge in [0.1, 0.15) is 0 Å². The Bertz CT molecular complexity index is 493. The SMILES string of the molecule is CCC(CC)NC(=O)Nc1c(Cl)cc(C(=O)O)cc1Cl. The van der Waals surface area contributed by atoms with Gasteiger partial charge >= 0.3 is 12.0 Å². The second-order valence-corrected chi connectivity index (χ2v) is 5.05. The highest BCUT2D eigenvalue weighted by atomic mass is 35.5. The van der Waals surface area contributed by atoms with Crippen molar-refractivity contribution in [2.24, 2.45) is 0 Å². The van der Waals surface area contributed by atoms with Crippen molar-refractivity contribution in [1.29, 1.82) is 0 Å². The Hall–Kier alpha value is -1.46. The van der Waals surface area contributed by atoms with Gasteiger partial charge in [-0.1, -0.05) is 37.0 Å². The van der Waals surface area contributed by atoms with Crippen LogP contribution >= 0.6 is 23.2 Å². The molecule has 0 saturated carbocycles. The maximum absolute atomic E-state index is 11.8. The molecule has 0 atom stereocenters. The Kier molecular flexibility index (Phi) is 6.10. The Labute approximate surface area is 127 Å². The van der Waals surface area contributed by atoms with Crippen molar-refractivity contribution in [3.8, 4) is 0 Å². The van der Waals surface area contributed by atoms with Crippen LogP contribution in [0.4, 0.5) is 10.5 Å². The van der Waals surface area contributed by atoms with Gasteiger partial charge in [0, 0.05) is 6.04 Å². The second kappa shape index (κ2) is 7.36. The highest BCUT2D eigenvalue weighted by Crippen LogP contribution is 2.31. The molecular weight excluding hydrogens is 303 g/mol. The predicted molar refractivity (Wildman–Crippen MR) is 79.9 cm³/mol. The Morgan fingerprint density at radius 1 is 1.20 bits per heavy atom. The van der Waals surface area contributed by atoms with Crippen molar-refractivity contribution in [2.45, 2.75) is 32.7 Å². The van der Waals surface area contributed by atoms with E-state index in [0.717, 1.165) is 12.8 Å². The molecule has 0 heterocycles. The van der Waals surface area contributed by atoms with Gasteiger partial charge in [0.25, 0.3) is 0 Å². The number of hydrogen-bond acceptors (Lipinski definition) is 2. The second-order valence-electron chi connectivity index (χ2n) is 4.23. The summed E-state index contributed by atoms with van der Waals surface area (Å²) in [5, 5.41) is 14.3. The van der Waals surface area contributed by atoms with Crippen LogP contribution in [0, 0.1) is 0 Å². The number of nitrogens with one attached hydrogen (secondary N) is 2. The number of benzene rings is 1. The van der Waals surface area contributed by atoms with Crippen LogP contribution in [0.25, 0.3) is 0 Å². The molecule has 0 saturated heterocycles. The summed E-state index contributed by atoms with van der Waals surface area (Å²) in [6.45, 7) is 3.94. The van der Waals surface area contributed by atoms with Crippen molar-refractivity contribution in [1.82, 2.24) is 5.32 Å². The maximum atomic E-state index is 11.8. The minimum atomic E-state index is -1.14. The van der Waals surface area contributed by atoms with E-state index in [1.54, 1.807) is 0 Å². The molecular formula is C13H16Cl2N2O3. The molecule has 2 amide bonds. The first kappa shape index (κ1) is 16.6. The molecule has 0 aromatic heterocycles. The molecule has 0 fully saturated rings. The summed E-state index contributed by atoms with van der Waals surface area (Å²) in [6, 6.07) is 2.11. The van der Waals surface area contributed by atoms with Crippen molar-refractivity contribution < 1.29 is 14.7 Å². The summed E-state index contributed by atoms with van der Waals surface area (Å²) in [7, 11) is 0. The van der Waals surface area contributed by atoms with Gasteiger partial charge in [-0.05, 0) is 25.0 Å². The van der Waals surface area contributed by atoms with Gasteiger partial charge in [0.15, 0.2) is 0 Å². The number of carbonyl (C=O) groups excluding carboxylic acids is 1. The summed E-state index contributed by atoms with van der Waals surface area (Å²) in [5.74, 6) is -1.14. The lowest BCUT2D eigenvalue weighted by Crippen LogP contribution is -2.37. The number of halogens is 2. The van der Waals surface area contributed by atoms with E-state index in [9.17, 15) is 9.59 Å². The third-order valence-electron chi connectivity index (χ3n) is 2.85. The highest BCUT2D eigenvalue weighted by molar-refractivity contribution is 6.40. The Balaban J connectivity index is 2.88. The third-order valence-corrected chi connectivity index (χ3v) is 3.44. The normalized spacial score (nSPS) is 10.4. The Morgan fingerprint density at radius 3 is 2.10 bits per heavy atom. The number of carboxylic acids is 1. The van der Waals surface area contributed by atoms with Gasteiger partial charge in [-0.15, -0.1) is 0 Å². The topological polar surface area (TPSA) is 78.4 Å². The molecule has 20 heavy (non-hydrogen) atoms. The van der Waals surface area contributed by atoms with E-state index in [1.165, 1.54) is 12.1 Å². The summed E-state index contributed by atoms with van der Waals surface area (Å²) in [6.07, 6.45) is 1.62. The first-order valence-electron chi connectivity index (χ1n) is 6.18.